The first-order valence-electron chi connectivity index (χ1n) is 6.05. The van der Waals surface area contributed by atoms with Gasteiger partial charge in [-0.05, 0) is 19.1 Å². The van der Waals surface area contributed by atoms with Gasteiger partial charge in [0.25, 0.3) is 10.0 Å². The maximum atomic E-state index is 12.3. The zero-order valence-corrected chi connectivity index (χ0v) is 12.4. The predicted octanol–water partition coefficient (Wildman–Crippen LogP) is 1.43. The van der Waals surface area contributed by atoms with Crippen molar-refractivity contribution in [2.24, 2.45) is 7.05 Å². The number of sulfonamides is 1. The third-order valence-corrected chi connectivity index (χ3v) is 4.02. The molecule has 21 heavy (non-hydrogen) atoms. The molecule has 0 amide bonds. The number of aryl methyl sites for hydroxylation is 2. The average Bonchev–Trinajstić information content (AvgIpc) is 2.78. The molecule has 7 nitrogen and oxygen atoms in total. The zero-order chi connectivity index (χ0) is 15.5. The second-order valence-corrected chi connectivity index (χ2v) is 5.91. The number of hydrogen-bond donors (Lipinski definition) is 1. The number of hydrogen-bond acceptors (Lipinski definition) is 5. The lowest BCUT2D eigenvalue weighted by Gasteiger charge is -2.10. The van der Waals surface area contributed by atoms with Gasteiger partial charge < -0.3 is 9.30 Å². The molecule has 2 rings (SSSR count). The number of aromatic nitrogens is 2. The normalized spacial score (nSPS) is 10.9. The molecular formula is C13H14N4O3S. The van der Waals surface area contributed by atoms with E-state index >= 15 is 0 Å². The quantitative estimate of drug-likeness (QED) is 0.901. The summed E-state index contributed by atoms with van der Waals surface area (Å²) in [6.07, 6.45) is 1.43. The van der Waals surface area contributed by atoms with Crippen LogP contribution in [0.3, 0.4) is 0 Å². The lowest BCUT2D eigenvalue weighted by molar-refractivity contribution is 0.370. The molecule has 0 radical (unpaired) electrons. The maximum absolute atomic E-state index is 12.3. The minimum atomic E-state index is -3.81. The first-order valence-corrected chi connectivity index (χ1v) is 7.54. The van der Waals surface area contributed by atoms with E-state index in [0.29, 0.717) is 5.82 Å². The molecule has 0 spiro atoms. The van der Waals surface area contributed by atoms with Crippen LogP contribution in [-0.2, 0) is 17.1 Å². The van der Waals surface area contributed by atoms with Gasteiger partial charge in [-0.3, -0.25) is 4.72 Å². The highest BCUT2D eigenvalue weighted by Crippen LogP contribution is 2.26. The van der Waals surface area contributed by atoms with Crippen LogP contribution in [0.2, 0.25) is 0 Å². The highest BCUT2D eigenvalue weighted by atomic mass is 32.2. The van der Waals surface area contributed by atoms with Gasteiger partial charge in [-0.25, -0.2) is 4.98 Å². The summed E-state index contributed by atoms with van der Waals surface area (Å²) >= 11 is 0. The molecular weight excluding hydrogens is 292 g/mol. The molecule has 110 valence electrons. The molecule has 0 aliphatic carbocycles. The number of anilines is 1. The standard InChI is InChI=1S/C13H14N4O3S/c1-10-15-13(9-17(10)2)21(18,19)16-11-5-3-4-6-12(11)20-8-7-14/h3-6,9,16H,8H2,1-2H3. The summed E-state index contributed by atoms with van der Waals surface area (Å²) in [5, 5.41) is 8.46. The second-order valence-electron chi connectivity index (χ2n) is 4.29. The Labute approximate surface area is 122 Å². The largest absolute Gasteiger partial charge is 0.477 e. The predicted molar refractivity (Wildman–Crippen MR) is 76.3 cm³/mol. The van der Waals surface area contributed by atoms with E-state index in [9.17, 15) is 8.42 Å². The van der Waals surface area contributed by atoms with Crippen molar-refractivity contribution in [2.75, 3.05) is 11.3 Å². The van der Waals surface area contributed by atoms with Gasteiger partial charge in [-0.1, -0.05) is 12.1 Å². The Hall–Kier alpha value is -2.53. The third kappa shape index (κ3) is 3.32. The fraction of sp³-hybridized carbons (Fsp3) is 0.231. The number of ether oxygens (including phenoxy) is 1. The van der Waals surface area contributed by atoms with Gasteiger partial charge >= 0.3 is 0 Å². The van der Waals surface area contributed by atoms with E-state index in [2.05, 4.69) is 9.71 Å². The highest BCUT2D eigenvalue weighted by molar-refractivity contribution is 7.92. The zero-order valence-electron chi connectivity index (χ0n) is 11.6. The van der Waals surface area contributed by atoms with Gasteiger partial charge in [0.2, 0.25) is 0 Å². The molecule has 8 heteroatoms. The second kappa shape index (κ2) is 5.85. The van der Waals surface area contributed by atoms with Gasteiger partial charge in [0.05, 0.1) is 5.69 Å². The van der Waals surface area contributed by atoms with Gasteiger partial charge in [0, 0.05) is 13.2 Å². The SMILES string of the molecule is Cc1nc(S(=O)(=O)Nc2ccccc2OCC#N)cn1C. The number of nitriles is 1. The lowest BCUT2D eigenvalue weighted by Crippen LogP contribution is -2.14. The fourth-order valence-electron chi connectivity index (χ4n) is 1.64. The van der Waals surface area contributed by atoms with Crippen LogP contribution in [0.1, 0.15) is 5.82 Å². The number of para-hydroxylation sites is 2. The number of nitrogens with one attached hydrogen (secondary N) is 1. The van der Waals surface area contributed by atoms with Crippen molar-refractivity contribution in [3.05, 3.63) is 36.3 Å². The summed E-state index contributed by atoms with van der Waals surface area (Å²) in [6.45, 7) is 1.55. The molecule has 1 N–H and O–H groups in total. The van der Waals surface area contributed by atoms with Gasteiger partial charge in [-0.2, -0.15) is 13.7 Å². The molecule has 0 unspecified atom stereocenters. The molecule has 0 aliphatic heterocycles. The molecule has 0 saturated carbocycles. The molecule has 0 atom stereocenters. The van der Waals surface area contributed by atoms with E-state index in [4.69, 9.17) is 10.00 Å². The molecule has 1 aromatic heterocycles. The molecule has 2 aromatic rings. The van der Waals surface area contributed by atoms with Crippen molar-refractivity contribution in [3.8, 4) is 11.8 Å². The van der Waals surface area contributed by atoms with Crippen molar-refractivity contribution in [2.45, 2.75) is 11.9 Å². The summed E-state index contributed by atoms with van der Waals surface area (Å²) in [6, 6.07) is 8.33. The Morgan fingerprint density at radius 2 is 2.14 bits per heavy atom. The minimum absolute atomic E-state index is 0.0717. The van der Waals surface area contributed by atoms with E-state index in [0.717, 1.165) is 0 Å². The Kier molecular flexibility index (Phi) is 4.14. The van der Waals surface area contributed by atoms with Crippen LogP contribution in [0.25, 0.3) is 0 Å². The van der Waals surface area contributed by atoms with Crippen LogP contribution >= 0.6 is 0 Å². The summed E-state index contributed by atoms with van der Waals surface area (Å²) in [5.74, 6) is 0.875. The van der Waals surface area contributed by atoms with Crippen molar-refractivity contribution in [1.82, 2.24) is 9.55 Å². The summed E-state index contributed by atoms with van der Waals surface area (Å²) in [5.41, 5.74) is 0.260. The topological polar surface area (TPSA) is 97.0 Å². The summed E-state index contributed by atoms with van der Waals surface area (Å²) in [4.78, 5) is 3.99. The first kappa shape index (κ1) is 14.9. The van der Waals surface area contributed by atoms with Crippen LogP contribution in [0.15, 0.2) is 35.5 Å². The third-order valence-electron chi connectivity index (χ3n) is 2.79. The van der Waals surface area contributed by atoms with Gasteiger partial charge in [-0.15, -0.1) is 0 Å². The van der Waals surface area contributed by atoms with Crippen molar-refractivity contribution >= 4 is 15.7 Å². The van der Waals surface area contributed by atoms with E-state index in [1.807, 2.05) is 6.07 Å². The van der Waals surface area contributed by atoms with Crippen LogP contribution in [0, 0.1) is 18.3 Å². The Morgan fingerprint density at radius 1 is 1.43 bits per heavy atom. The van der Waals surface area contributed by atoms with Crippen molar-refractivity contribution in [1.29, 1.82) is 5.26 Å². The Bertz CT molecular complexity index is 770. The van der Waals surface area contributed by atoms with Gasteiger partial charge in [0.1, 0.15) is 17.6 Å². The molecule has 0 bridgehead atoms. The van der Waals surface area contributed by atoms with Crippen LogP contribution in [0.4, 0.5) is 5.69 Å². The van der Waals surface area contributed by atoms with Crippen LogP contribution in [-0.4, -0.2) is 24.6 Å². The van der Waals surface area contributed by atoms with Crippen LogP contribution in [0.5, 0.6) is 5.75 Å². The maximum Gasteiger partial charge on any atom is 0.281 e. The van der Waals surface area contributed by atoms with E-state index in [1.165, 1.54) is 6.20 Å². The number of rotatable bonds is 5. The molecule has 0 saturated heterocycles. The van der Waals surface area contributed by atoms with Crippen LogP contribution < -0.4 is 9.46 Å². The highest BCUT2D eigenvalue weighted by Gasteiger charge is 2.20. The molecule has 0 aliphatic rings. The van der Waals surface area contributed by atoms with Crippen molar-refractivity contribution in [3.63, 3.8) is 0 Å². The fourth-order valence-corrected chi connectivity index (χ4v) is 2.75. The average molecular weight is 306 g/mol. The molecule has 1 heterocycles. The van der Waals surface area contributed by atoms with Crippen molar-refractivity contribution < 1.29 is 13.2 Å². The first-order chi connectivity index (χ1) is 9.94. The monoisotopic (exact) mass is 306 g/mol. The van der Waals surface area contributed by atoms with E-state index in [1.54, 1.807) is 42.8 Å². The number of imidazole rings is 1. The summed E-state index contributed by atoms with van der Waals surface area (Å²) < 4.78 is 33.8. The smallest absolute Gasteiger partial charge is 0.281 e. The minimum Gasteiger partial charge on any atom is -0.477 e. The Morgan fingerprint density at radius 3 is 2.76 bits per heavy atom. The lowest BCUT2D eigenvalue weighted by atomic mass is 10.3. The number of nitrogens with zero attached hydrogens (tertiary/aromatic N) is 3. The van der Waals surface area contributed by atoms with Gasteiger partial charge in [0.15, 0.2) is 11.6 Å². The van der Waals surface area contributed by atoms with E-state index < -0.39 is 10.0 Å². The summed E-state index contributed by atoms with van der Waals surface area (Å²) in [7, 11) is -2.09. The molecule has 0 fully saturated rings. The number of benzene rings is 1. The Balaban J connectivity index is 2.31. The molecule has 1 aromatic carbocycles. The van der Waals surface area contributed by atoms with E-state index in [-0.39, 0.29) is 23.1 Å².